The van der Waals surface area contributed by atoms with Crippen molar-refractivity contribution in [3.8, 4) is 0 Å². The monoisotopic (exact) mass is 1430 g/mol. The van der Waals surface area contributed by atoms with Crippen LogP contribution in [0.2, 0.25) is 0 Å². The molecule has 26 nitrogen and oxygen atoms in total. The number of fused-ring (bicyclic) bond motifs is 6. The molecule has 564 valence electrons. The molecular formula is C77H111N11O15. The molecule has 1 unspecified atom stereocenters. The molecule has 0 radical (unpaired) electrons. The first-order valence-electron chi connectivity index (χ1n) is 37.3. The van der Waals surface area contributed by atoms with Gasteiger partial charge in [-0.3, -0.25) is 48.2 Å². The van der Waals surface area contributed by atoms with Gasteiger partial charge in [-0.2, -0.15) is 0 Å². The summed E-state index contributed by atoms with van der Waals surface area (Å²) in [6, 6.07) is 18.6. The van der Waals surface area contributed by atoms with Crippen LogP contribution < -0.4 is 32.3 Å². The van der Waals surface area contributed by atoms with Crippen LogP contribution in [0.15, 0.2) is 72.8 Å². The summed E-state index contributed by atoms with van der Waals surface area (Å²) in [7, 11) is 2.97. The minimum atomic E-state index is -0.860. The Labute approximate surface area is 606 Å². The minimum absolute atomic E-state index is 0.0215. The molecule has 12 rings (SSSR count). The van der Waals surface area contributed by atoms with E-state index in [1.54, 1.807) is 60.3 Å². The standard InChI is InChI=1S/2C28H40N4O6.C19H25N3O3.C2H6/c2*1-17(31(5)27(36)38-28(2,3)4)24(33)30-21-15-16-37-23-14-13-22(32(23)26(21)35)25(34)29-20-12-8-10-18-9-6-7-11-19(18)20;20-14-10-11-25-17-9-8-16(22(17)19(14)24)18(23)21-15-7-3-5-12-4-1-2-6-13(12)15;1-2/h2*6-7,9,11,17,20-23H,8,10,12-16H2,1-5H3,(H,29,34)(H,30,33);1-2,4,6,14-17H,3,5,7-11,20H2,(H,21,23);1-2H3/t17-,20+,21-,22+,23-;17-,20+,21-,22-,23-;14-,15+,16?,17-;/m000./s1. The second-order valence-corrected chi connectivity index (χ2v) is 30.1. The summed E-state index contributed by atoms with van der Waals surface area (Å²) in [4.78, 5) is 138. The van der Waals surface area contributed by atoms with E-state index >= 15 is 0 Å². The maximum absolute atomic E-state index is 13.6. The van der Waals surface area contributed by atoms with Gasteiger partial charge in [-0.05, 0) is 192 Å². The number of carbonyl (C=O) groups excluding carboxylic acids is 10. The van der Waals surface area contributed by atoms with Crippen molar-refractivity contribution < 1.29 is 71.6 Å². The average Bonchev–Trinajstić information content (AvgIpc) is 1.68. The quantitative estimate of drug-likeness (QED) is 0.102. The zero-order valence-electron chi connectivity index (χ0n) is 62.3. The lowest BCUT2D eigenvalue weighted by molar-refractivity contribution is -0.149. The van der Waals surface area contributed by atoms with Crippen LogP contribution in [0.3, 0.4) is 0 Å². The number of ether oxygens (including phenoxy) is 5. The highest BCUT2D eigenvalue weighted by Gasteiger charge is 2.50. The minimum Gasteiger partial charge on any atom is -0.444 e. The van der Waals surface area contributed by atoms with Gasteiger partial charge in [0.1, 0.15) is 72.2 Å². The number of rotatable bonds is 12. The molecule has 10 amide bonds. The zero-order chi connectivity index (χ0) is 74.6. The largest absolute Gasteiger partial charge is 0.444 e. The van der Waals surface area contributed by atoms with E-state index < -0.39 is 96.0 Å². The Bertz CT molecular complexity index is 3360. The molecule has 103 heavy (non-hydrogen) atoms. The fourth-order valence-electron chi connectivity index (χ4n) is 15.1. The number of carbonyl (C=O) groups is 10. The molecule has 6 heterocycles. The van der Waals surface area contributed by atoms with Gasteiger partial charge in [-0.15, -0.1) is 0 Å². The van der Waals surface area contributed by atoms with E-state index in [-0.39, 0.29) is 85.9 Å². The third-order valence-corrected chi connectivity index (χ3v) is 20.7. The number of nitrogens with zero attached hydrogens (tertiary/aromatic N) is 5. The van der Waals surface area contributed by atoms with Gasteiger partial charge in [0.2, 0.25) is 47.3 Å². The third kappa shape index (κ3) is 19.4. The molecule has 7 N–H and O–H groups in total. The molecule has 26 heteroatoms. The van der Waals surface area contributed by atoms with E-state index in [0.717, 1.165) is 68.9 Å². The predicted molar refractivity (Wildman–Crippen MR) is 384 cm³/mol. The van der Waals surface area contributed by atoms with Crippen LogP contribution in [0.5, 0.6) is 0 Å². The second kappa shape index (κ2) is 35.1. The summed E-state index contributed by atoms with van der Waals surface area (Å²) in [5.41, 5.74) is 11.8. The first kappa shape index (κ1) is 78.9. The van der Waals surface area contributed by atoms with E-state index in [9.17, 15) is 47.9 Å². The van der Waals surface area contributed by atoms with Crippen LogP contribution in [0.4, 0.5) is 9.59 Å². The van der Waals surface area contributed by atoms with Crippen LogP contribution in [0.1, 0.15) is 217 Å². The highest BCUT2D eigenvalue weighted by Crippen LogP contribution is 2.37. The van der Waals surface area contributed by atoms with Crippen molar-refractivity contribution in [1.82, 2.24) is 51.1 Å². The summed E-state index contributed by atoms with van der Waals surface area (Å²) in [6.45, 7) is 18.7. The Morgan fingerprint density at radius 1 is 0.437 bits per heavy atom. The summed E-state index contributed by atoms with van der Waals surface area (Å²) >= 11 is 0. The SMILES string of the molecule is CC.C[C@@H](C(=O)N[C@H]1CCO[C@H]2CC[C@@H](C(=O)N[C@@H]3CCCc4ccccc43)N2C1=O)N(C)C(=O)OC(C)(C)C.C[C@@H](C(=O)N[C@H]1CCO[C@H]2CC[C@H](C(=O)N[C@@H]3CCCc4ccccc43)N2C1=O)N(C)C(=O)OC(C)(C)C.N[C@H]1CCO[C@H]2CCC(C(=O)N[C@@H]3CCCc4ccccc43)N2C1=O. The smallest absolute Gasteiger partial charge is 0.410 e. The number of benzene rings is 3. The number of likely N-dealkylation sites (N-methyl/N-ethyl adjacent to an activating group) is 2. The van der Waals surface area contributed by atoms with Gasteiger partial charge in [0.25, 0.3) is 0 Å². The molecule has 0 saturated carbocycles. The number of hydrogen-bond donors (Lipinski definition) is 6. The molecule has 0 aromatic heterocycles. The van der Waals surface area contributed by atoms with Crippen LogP contribution in [-0.2, 0) is 81.3 Å². The molecule has 9 aliphatic rings. The van der Waals surface area contributed by atoms with Gasteiger partial charge in [-0.1, -0.05) is 86.6 Å². The van der Waals surface area contributed by atoms with Crippen molar-refractivity contribution in [3.63, 3.8) is 0 Å². The molecule has 6 aliphatic heterocycles. The van der Waals surface area contributed by atoms with Crippen LogP contribution in [-0.4, -0.2) is 196 Å². The number of nitrogens with one attached hydrogen (secondary N) is 5. The molecule has 3 aromatic carbocycles. The van der Waals surface area contributed by atoms with E-state index in [4.69, 9.17) is 29.4 Å². The molecule has 3 aliphatic carbocycles. The summed E-state index contributed by atoms with van der Waals surface area (Å²) in [6.07, 6.45) is 10.7. The predicted octanol–water partition coefficient (Wildman–Crippen LogP) is 7.59. The van der Waals surface area contributed by atoms with Gasteiger partial charge >= 0.3 is 12.2 Å². The Morgan fingerprint density at radius 2 is 0.738 bits per heavy atom. The molecule has 6 fully saturated rings. The highest BCUT2D eigenvalue weighted by atomic mass is 16.6. The molecule has 0 bridgehead atoms. The summed E-state index contributed by atoms with van der Waals surface area (Å²) in [5.74, 6) is -2.28. The Balaban J connectivity index is 0.000000181. The van der Waals surface area contributed by atoms with Crippen LogP contribution >= 0.6 is 0 Å². The lowest BCUT2D eigenvalue weighted by Gasteiger charge is -2.33. The lowest BCUT2D eigenvalue weighted by Crippen LogP contribution is -2.57. The fraction of sp³-hybridized carbons (Fsp3) is 0.636. The molecule has 14 atom stereocenters. The fourth-order valence-corrected chi connectivity index (χ4v) is 15.1. The number of amides is 10. The molecular weight excluding hydrogens is 1320 g/mol. The van der Waals surface area contributed by atoms with E-state index in [2.05, 4.69) is 63.0 Å². The first-order chi connectivity index (χ1) is 49.1. The maximum Gasteiger partial charge on any atom is 0.410 e. The highest BCUT2D eigenvalue weighted by molar-refractivity contribution is 5.96. The van der Waals surface area contributed by atoms with Crippen LogP contribution in [0, 0.1) is 0 Å². The van der Waals surface area contributed by atoms with Crippen molar-refractivity contribution in [3.05, 3.63) is 106 Å². The number of nitrogens with two attached hydrogens (primary N) is 1. The molecule has 6 saturated heterocycles. The Kier molecular flexibility index (Phi) is 26.9. The van der Waals surface area contributed by atoms with Gasteiger partial charge < -0.3 is 70.7 Å². The normalized spacial score (nSPS) is 26.9. The topological polar surface area (TPSA) is 319 Å². The lowest BCUT2D eigenvalue weighted by atomic mass is 9.87. The zero-order valence-corrected chi connectivity index (χ0v) is 62.3. The van der Waals surface area contributed by atoms with Gasteiger partial charge in [0, 0.05) is 26.9 Å². The van der Waals surface area contributed by atoms with E-state index in [0.29, 0.717) is 51.6 Å². The molecule has 3 aromatic rings. The number of aryl methyl sites for hydroxylation is 3. The Hall–Kier alpha value is -8.20. The summed E-state index contributed by atoms with van der Waals surface area (Å²) < 4.78 is 28.3. The van der Waals surface area contributed by atoms with Crippen molar-refractivity contribution in [2.24, 2.45) is 5.73 Å². The van der Waals surface area contributed by atoms with E-state index in [1.807, 2.05) is 50.2 Å². The van der Waals surface area contributed by atoms with Crippen molar-refractivity contribution in [1.29, 1.82) is 0 Å². The van der Waals surface area contributed by atoms with Crippen molar-refractivity contribution >= 4 is 59.4 Å². The van der Waals surface area contributed by atoms with Gasteiger partial charge in [-0.25, -0.2) is 9.59 Å². The van der Waals surface area contributed by atoms with E-state index in [1.165, 1.54) is 55.9 Å². The first-order valence-corrected chi connectivity index (χ1v) is 37.3. The number of hydrogen-bond acceptors (Lipinski definition) is 16. The second-order valence-electron chi connectivity index (χ2n) is 30.1. The van der Waals surface area contributed by atoms with Gasteiger partial charge in [0.15, 0.2) is 0 Å². The third-order valence-electron chi connectivity index (χ3n) is 20.7. The molecule has 0 spiro atoms. The van der Waals surface area contributed by atoms with Crippen molar-refractivity contribution in [2.45, 2.75) is 281 Å². The van der Waals surface area contributed by atoms with Crippen LogP contribution in [0.25, 0.3) is 0 Å². The van der Waals surface area contributed by atoms with Crippen molar-refractivity contribution in [2.75, 3.05) is 33.9 Å². The Morgan fingerprint density at radius 3 is 1.06 bits per heavy atom. The van der Waals surface area contributed by atoms with Gasteiger partial charge in [0.05, 0.1) is 44.0 Å². The average molecular weight is 1430 g/mol. The maximum atomic E-state index is 13.6. The summed E-state index contributed by atoms with van der Waals surface area (Å²) in [5, 5.41) is 15.1.